The third kappa shape index (κ3) is 5.79. The number of hydrogen-bond acceptors (Lipinski definition) is 3. The average Bonchev–Trinajstić information content (AvgIpc) is 2.29. The third-order valence-electron chi connectivity index (χ3n) is 2.21. The Labute approximate surface area is 111 Å². The number of aromatic nitrogens is 1. The molecule has 0 saturated carbocycles. The topological polar surface area (TPSA) is 45.2 Å². The molecule has 1 N–H and O–H groups in total. The van der Waals surface area contributed by atoms with E-state index in [1.165, 1.54) is 0 Å². The summed E-state index contributed by atoms with van der Waals surface area (Å²) in [5.41, 5.74) is 0.957. The van der Waals surface area contributed by atoms with Gasteiger partial charge in [-0.25, -0.2) is 0 Å². The summed E-state index contributed by atoms with van der Waals surface area (Å²) in [5.74, 6) is 0.0615. The van der Waals surface area contributed by atoms with E-state index >= 15 is 0 Å². The van der Waals surface area contributed by atoms with Crippen molar-refractivity contribution in [1.29, 1.82) is 0 Å². The summed E-state index contributed by atoms with van der Waals surface area (Å²) >= 11 is 3.34. The Morgan fingerprint density at radius 2 is 2.29 bits per heavy atom. The molecule has 0 unspecified atom stereocenters. The van der Waals surface area contributed by atoms with Gasteiger partial charge >= 0.3 is 0 Å². The zero-order chi connectivity index (χ0) is 12.7. The van der Waals surface area contributed by atoms with Gasteiger partial charge in [-0.1, -0.05) is 6.92 Å². The predicted molar refractivity (Wildman–Crippen MR) is 71.6 cm³/mol. The van der Waals surface area contributed by atoms with Gasteiger partial charge in [0.1, 0.15) is 0 Å². The third-order valence-corrected chi connectivity index (χ3v) is 2.68. The molecule has 0 aromatic carbocycles. The first-order chi connectivity index (χ1) is 8.11. The van der Waals surface area contributed by atoms with Gasteiger partial charge in [0.05, 0.1) is 12.2 Å². The van der Waals surface area contributed by atoms with Gasteiger partial charge in [-0.2, -0.15) is 0 Å². The van der Waals surface area contributed by atoms with E-state index in [0.717, 1.165) is 23.1 Å². The summed E-state index contributed by atoms with van der Waals surface area (Å²) < 4.78 is 0.963. The number of hydrogen-bond donors (Lipinski definition) is 1. The molecule has 0 aliphatic rings. The molecule has 4 nitrogen and oxygen atoms in total. The zero-order valence-corrected chi connectivity index (χ0v) is 11.8. The van der Waals surface area contributed by atoms with E-state index in [2.05, 4.69) is 26.2 Å². The number of nitrogens with one attached hydrogen (secondary N) is 1. The van der Waals surface area contributed by atoms with Crippen LogP contribution in [0.15, 0.2) is 22.8 Å². The van der Waals surface area contributed by atoms with Gasteiger partial charge in [-0.05, 0) is 41.5 Å². The van der Waals surface area contributed by atoms with E-state index in [0.29, 0.717) is 13.1 Å². The van der Waals surface area contributed by atoms with E-state index in [-0.39, 0.29) is 5.91 Å². The summed E-state index contributed by atoms with van der Waals surface area (Å²) in [4.78, 5) is 17.7. The molecule has 0 bridgehead atoms. The van der Waals surface area contributed by atoms with Crippen molar-refractivity contribution in [1.82, 2.24) is 15.2 Å². The fraction of sp³-hybridized carbons (Fsp3) is 0.500. The van der Waals surface area contributed by atoms with Crippen molar-refractivity contribution in [2.45, 2.75) is 19.9 Å². The first-order valence-corrected chi connectivity index (χ1v) is 6.46. The number of nitrogens with zero attached hydrogens (tertiary/aromatic N) is 2. The van der Waals surface area contributed by atoms with Crippen LogP contribution < -0.4 is 5.32 Å². The summed E-state index contributed by atoms with van der Waals surface area (Å²) in [6.07, 6.45) is 2.73. The molecule has 0 fully saturated rings. The van der Waals surface area contributed by atoms with Crippen molar-refractivity contribution >= 4 is 21.8 Å². The number of pyridine rings is 1. The Bertz CT molecular complexity index is 353. The Morgan fingerprint density at radius 3 is 2.88 bits per heavy atom. The lowest BCUT2D eigenvalue weighted by molar-refractivity contribution is -0.122. The Kier molecular flexibility index (Phi) is 6.15. The molecular formula is C12H18BrN3O. The number of carbonyl (C=O) groups is 1. The summed E-state index contributed by atoms with van der Waals surface area (Å²) in [7, 11) is 1.91. The molecule has 5 heteroatoms. The van der Waals surface area contributed by atoms with Crippen molar-refractivity contribution in [3.05, 3.63) is 28.5 Å². The molecule has 1 heterocycles. The highest BCUT2D eigenvalue weighted by Crippen LogP contribution is 2.08. The standard InChI is InChI=1S/C12H18BrN3O/c1-3-6-14-12(17)9-16(2)8-11-5-4-10(13)7-15-11/h4-5,7H,3,6,8-9H2,1-2H3,(H,14,17). The first kappa shape index (κ1) is 14.1. The summed E-state index contributed by atoms with van der Waals surface area (Å²) in [5, 5.41) is 2.85. The molecule has 0 atom stereocenters. The molecule has 1 rings (SSSR count). The van der Waals surface area contributed by atoms with Crippen molar-refractivity contribution in [2.24, 2.45) is 0 Å². The van der Waals surface area contributed by atoms with Crippen molar-refractivity contribution in [2.75, 3.05) is 20.1 Å². The molecule has 0 spiro atoms. The number of likely N-dealkylation sites (N-methyl/N-ethyl adjacent to an activating group) is 1. The highest BCUT2D eigenvalue weighted by molar-refractivity contribution is 9.10. The van der Waals surface area contributed by atoms with Gasteiger partial charge in [0.15, 0.2) is 0 Å². The quantitative estimate of drug-likeness (QED) is 0.871. The van der Waals surface area contributed by atoms with Crippen LogP contribution in [-0.4, -0.2) is 35.9 Å². The fourth-order valence-corrected chi connectivity index (χ4v) is 1.63. The minimum absolute atomic E-state index is 0.0615. The predicted octanol–water partition coefficient (Wildman–Crippen LogP) is 1.80. The maximum absolute atomic E-state index is 11.5. The Balaban J connectivity index is 2.36. The van der Waals surface area contributed by atoms with Crippen LogP contribution in [0.2, 0.25) is 0 Å². The Hall–Kier alpha value is -0.940. The van der Waals surface area contributed by atoms with E-state index in [9.17, 15) is 4.79 Å². The SMILES string of the molecule is CCCNC(=O)CN(C)Cc1ccc(Br)cn1. The maximum atomic E-state index is 11.5. The van der Waals surface area contributed by atoms with Crippen molar-refractivity contribution < 1.29 is 4.79 Å². The van der Waals surface area contributed by atoms with Crippen LogP contribution in [0.5, 0.6) is 0 Å². The van der Waals surface area contributed by atoms with Crippen molar-refractivity contribution in [3.8, 4) is 0 Å². The fourth-order valence-electron chi connectivity index (χ4n) is 1.40. The van der Waals surface area contributed by atoms with Gasteiger partial charge < -0.3 is 5.32 Å². The molecule has 1 aromatic heterocycles. The molecule has 0 radical (unpaired) electrons. The average molecular weight is 300 g/mol. The van der Waals surface area contributed by atoms with Crippen molar-refractivity contribution in [3.63, 3.8) is 0 Å². The van der Waals surface area contributed by atoms with E-state index in [1.54, 1.807) is 6.20 Å². The highest BCUT2D eigenvalue weighted by atomic mass is 79.9. The Morgan fingerprint density at radius 1 is 1.53 bits per heavy atom. The second-order valence-corrected chi connectivity index (χ2v) is 4.91. The molecule has 1 aromatic rings. The van der Waals surface area contributed by atoms with Gasteiger partial charge in [-0.15, -0.1) is 0 Å². The van der Waals surface area contributed by atoms with Crippen LogP contribution in [0.25, 0.3) is 0 Å². The van der Waals surface area contributed by atoms with Crippen LogP contribution in [0.1, 0.15) is 19.0 Å². The normalized spacial score (nSPS) is 10.6. The van der Waals surface area contributed by atoms with Gasteiger partial charge in [-0.3, -0.25) is 14.7 Å². The van der Waals surface area contributed by atoms with Gasteiger partial charge in [0.25, 0.3) is 0 Å². The minimum Gasteiger partial charge on any atom is -0.355 e. The summed E-state index contributed by atoms with van der Waals surface area (Å²) in [6, 6.07) is 3.90. The van der Waals surface area contributed by atoms with E-state index in [1.807, 2.05) is 31.0 Å². The van der Waals surface area contributed by atoms with E-state index < -0.39 is 0 Å². The molecule has 17 heavy (non-hydrogen) atoms. The van der Waals surface area contributed by atoms with E-state index in [4.69, 9.17) is 0 Å². The van der Waals surface area contributed by atoms with Crippen LogP contribution in [0.3, 0.4) is 0 Å². The monoisotopic (exact) mass is 299 g/mol. The number of halogens is 1. The van der Waals surface area contributed by atoms with Crippen LogP contribution >= 0.6 is 15.9 Å². The number of carbonyl (C=O) groups excluding carboxylic acids is 1. The maximum Gasteiger partial charge on any atom is 0.234 e. The molecular weight excluding hydrogens is 282 g/mol. The molecule has 0 aliphatic carbocycles. The molecule has 0 saturated heterocycles. The summed E-state index contributed by atoms with van der Waals surface area (Å²) in [6.45, 7) is 3.85. The number of rotatable bonds is 6. The largest absolute Gasteiger partial charge is 0.355 e. The van der Waals surface area contributed by atoms with Gasteiger partial charge in [0, 0.05) is 23.8 Å². The van der Waals surface area contributed by atoms with Crippen LogP contribution in [-0.2, 0) is 11.3 Å². The second kappa shape index (κ2) is 7.40. The first-order valence-electron chi connectivity index (χ1n) is 5.67. The number of amides is 1. The molecule has 1 amide bonds. The lowest BCUT2D eigenvalue weighted by Gasteiger charge is -2.15. The second-order valence-electron chi connectivity index (χ2n) is 3.99. The van der Waals surface area contributed by atoms with Crippen LogP contribution in [0, 0.1) is 0 Å². The smallest absolute Gasteiger partial charge is 0.234 e. The lowest BCUT2D eigenvalue weighted by Crippen LogP contribution is -2.35. The lowest BCUT2D eigenvalue weighted by atomic mass is 10.3. The van der Waals surface area contributed by atoms with Gasteiger partial charge in [0.2, 0.25) is 5.91 Å². The molecule has 0 aliphatic heterocycles. The molecule has 94 valence electrons. The van der Waals surface area contributed by atoms with Crippen LogP contribution in [0.4, 0.5) is 0 Å². The zero-order valence-electron chi connectivity index (χ0n) is 10.2. The highest BCUT2D eigenvalue weighted by Gasteiger charge is 2.06. The minimum atomic E-state index is 0.0615.